The minimum atomic E-state index is -0.664. The van der Waals surface area contributed by atoms with E-state index in [1.807, 2.05) is 60.0 Å². The lowest BCUT2D eigenvalue weighted by Gasteiger charge is -2.17. The Bertz CT molecular complexity index is 2250. The highest BCUT2D eigenvalue weighted by Gasteiger charge is 2.24. The van der Waals surface area contributed by atoms with Gasteiger partial charge >= 0.3 is 0 Å². The molecule has 0 aliphatic carbocycles. The monoisotopic (exact) mass is 746 g/mol. The maximum atomic E-state index is 13.8. The molecule has 12 heteroatoms. The summed E-state index contributed by atoms with van der Waals surface area (Å²) in [5.41, 5.74) is 3.41. The average Bonchev–Trinajstić information content (AvgIpc) is 3.63. The van der Waals surface area contributed by atoms with Crippen LogP contribution in [0.25, 0.3) is 17.3 Å². The maximum absolute atomic E-state index is 13.8. The molecule has 6 rings (SSSR count). The second kappa shape index (κ2) is 16.9. The van der Waals surface area contributed by atoms with Crippen molar-refractivity contribution in [3.63, 3.8) is 0 Å². The first kappa shape index (κ1) is 35.9. The summed E-state index contributed by atoms with van der Waals surface area (Å²) < 4.78 is 5.39. The SMILES string of the molecule is COc1cc(O)ccc1/C=C(/NC(=O)c1ccccc1)C(=O)Nc1cccc(SC(C(=O)Nc2nc(-c3ccccc3Cl)cs2)c2ccccc2)c1. The molecule has 1 atom stereocenters. The van der Waals surface area contributed by atoms with Crippen LogP contribution in [0.2, 0.25) is 5.02 Å². The zero-order valence-electron chi connectivity index (χ0n) is 27.6. The molecule has 0 radical (unpaired) electrons. The highest BCUT2D eigenvalue weighted by molar-refractivity contribution is 8.00. The number of phenolic OH excluding ortho intramolecular Hbond substituents is 1. The van der Waals surface area contributed by atoms with Gasteiger partial charge in [-0.05, 0) is 60.2 Å². The third kappa shape index (κ3) is 9.07. The van der Waals surface area contributed by atoms with Gasteiger partial charge in [-0.15, -0.1) is 23.1 Å². The first-order chi connectivity index (χ1) is 25.3. The van der Waals surface area contributed by atoms with Crippen molar-refractivity contribution < 1.29 is 24.2 Å². The van der Waals surface area contributed by atoms with Crippen molar-refractivity contribution in [3.05, 3.63) is 160 Å². The highest BCUT2D eigenvalue weighted by Crippen LogP contribution is 2.38. The molecule has 5 aromatic carbocycles. The van der Waals surface area contributed by atoms with E-state index in [9.17, 15) is 19.5 Å². The van der Waals surface area contributed by atoms with E-state index in [0.717, 1.165) is 11.1 Å². The van der Waals surface area contributed by atoms with Gasteiger partial charge in [-0.25, -0.2) is 4.98 Å². The number of ether oxygens (including phenoxy) is 1. The van der Waals surface area contributed by atoms with Gasteiger partial charge in [0, 0.05) is 43.7 Å². The van der Waals surface area contributed by atoms with Crippen LogP contribution in [-0.2, 0) is 9.59 Å². The standard InChI is InChI=1S/C40H31ClN4O5S2/c1-50-35-23-29(46)20-19-27(35)21-33(43-37(47)26-13-6-3-7-14-26)38(48)42-28-15-10-16-30(22-28)52-36(25-11-4-2-5-12-25)39(49)45-40-44-34(24-51-40)31-17-8-9-18-32(31)41/h2-24,36,46H,1H3,(H,42,48)(H,43,47)(H,44,45,49)/b33-21+. The van der Waals surface area contributed by atoms with Gasteiger partial charge < -0.3 is 25.8 Å². The molecular formula is C40H31ClN4O5S2. The number of amides is 3. The van der Waals surface area contributed by atoms with E-state index in [-0.39, 0.29) is 17.4 Å². The number of hydrogen-bond acceptors (Lipinski definition) is 8. The Morgan fingerprint density at radius 3 is 2.35 bits per heavy atom. The van der Waals surface area contributed by atoms with Gasteiger partial charge in [0.1, 0.15) is 22.4 Å². The molecule has 1 aromatic heterocycles. The van der Waals surface area contributed by atoms with Crippen LogP contribution in [0.3, 0.4) is 0 Å². The van der Waals surface area contributed by atoms with Gasteiger partial charge in [0.25, 0.3) is 11.8 Å². The van der Waals surface area contributed by atoms with Crippen molar-refractivity contribution in [1.82, 2.24) is 10.3 Å². The topological polar surface area (TPSA) is 130 Å². The summed E-state index contributed by atoms with van der Waals surface area (Å²) in [6.45, 7) is 0. The Kier molecular flexibility index (Phi) is 11.7. The third-order valence-electron chi connectivity index (χ3n) is 7.62. The minimum Gasteiger partial charge on any atom is -0.508 e. The van der Waals surface area contributed by atoms with Gasteiger partial charge in [-0.1, -0.05) is 84.4 Å². The van der Waals surface area contributed by atoms with Crippen LogP contribution in [0.4, 0.5) is 10.8 Å². The number of benzene rings is 5. The number of anilines is 2. The van der Waals surface area contributed by atoms with Crippen molar-refractivity contribution in [3.8, 4) is 22.8 Å². The van der Waals surface area contributed by atoms with E-state index < -0.39 is 17.1 Å². The summed E-state index contributed by atoms with van der Waals surface area (Å²) in [4.78, 5) is 46.0. The van der Waals surface area contributed by atoms with Crippen molar-refractivity contribution in [2.24, 2.45) is 0 Å². The number of halogens is 1. The predicted molar refractivity (Wildman–Crippen MR) is 208 cm³/mol. The van der Waals surface area contributed by atoms with E-state index in [1.54, 1.807) is 60.7 Å². The van der Waals surface area contributed by atoms with Crippen molar-refractivity contribution in [2.75, 3.05) is 17.7 Å². The van der Waals surface area contributed by atoms with E-state index >= 15 is 0 Å². The van der Waals surface area contributed by atoms with Gasteiger partial charge in [0.2, 0.25) is 5.91 Å². The Labute approximate surface area is 313 Å². The molecule has 9 nitrogen and oxygen atoms in total. The number of phenols is 1. The van der Waals surface area contributed by atoms with Crippen LogP contribution in [0.1, 0.15) is 26.7 Å². The Balaban J connectivity index is 1.23. The normalized spacial score (nSPS) is 11.7. The maximum Gasteiger partial charge on any atom is 0.272 e. The Morgan fingerprint density at radius 2 is 1.60 bits per heavy atom. The van der Waals surface area contributed by atoms with E-state index in [0.29, 0.717) is 43.3 Å². The van der Waals surface area contributed by atoms with Crippen LogP contribution >= 0.6 is 34.7 Å². The molecule has 3 amide bonds. The fourth-order valence-corrected chi connectivity index (χ4v) is 7.12. The molecule has 0 bridgehead atoms. The van der Waals surface area contributed by atoms with Crippen LogP contribution in [0.5, 0.6) is 11.5 Å². The minimum absolute atomic E-state index is 0.0152. The van der Waals surface area contributed by atoms with E-state index in [1.165, 1.54) is 48.4 Å². The number of methoxy groups -OCH3 is 1. The lowest BCUT2D eigenvalue weighted by molar-refractivity contribution is -0.116. The van der Waals surface area contributed by atoms with Crippen molar-refractivity contribution in [2.45, 2.75) is 10.1 Å². The predicted octanol–water partition coefficient (Wildman–Crippen LogP) is 9.06. The van der Waals surface area contributed by atoms with Gasteiger partial charge in [-0.2, -0.15) is 0 Å². The fraction of sp³-hybridized carbons (Fsp3) is 0.0500. The van der Waals surface area contributed by atoms with Gasteiger partial charge in [-0.3, -0.25) is 14.4 Å². The zero-order chi connectivity index (χ0) is 36.5. The summed E-state index contributed by atoms with van der Waals surface area (Å²) in [6.07, 6.45) is 1.47. The van der Waals surface area contributed by atoms with Crippen LogP contribution in [-0.4, -0.2) is 34.9 Å². The molecule has 6 aromatic rings. The Morgan fingerprint density at radius 1 is 0.865 bits per heavy atom. The number of nitrogens with one attached hydrogen (secondary N) is 3. The van der Waals surface area contributed by atoms with Gasteiger partial charge in [0.05, 0.1) is 12.8 Å². The smallest absolute Gasteiger partial charge is 0.272 e. The third-order valence-corrected chi connectivity index (χ3v) is 9.95. The summed E-state index contributed by atoms with van der Waals surface area (Å²) in [5.74, 6) is -1.07. The number of nitrogens with zero attached hydrogens (tertiary/aromatic N) is 1. The zero-order valence-corrected chi connectivity index (χ0v) is 30.0. The van der Waals surface area contributed by atoms with E-state index in [4.69, 9.17) is 16.3 Å². The molecular weight excluding hydrogens is 716 g/mol. The molecule has 1 unspecified atom stereocenters. The summed E-state index contributed by atoms with van der Waals surface area (Å²) in [7, 11) is 1.44. The number of rotatable bonds is 12. The molecule has 0 spiro atoms. The molecule has 52 heavy (non-hydrogen) atoms. The van der Waals surface area contributed by atoms with Crippen LogP contribution < -0.4 is 20.7 Å². The summed E-state index contributed by atoms with van der Waals surface area (Å²) >= 11 is 8.98. The second-order valence-electron chi connectivity index (χ2n) is 11.2. The van der Waals surface area contributed by atoms with Gasteiger partial charge in [0.15, 0.2) is 5.13 Å². The van der Waals surface area contributed by atoms with E-state index in [2.05, 4.69) is 20.9 Å². The fourth-order valence-electron chi connectivity index (χ4n) is 5.09. The number of aromatic nitrogens is 1. The molecule has 0 fully saturated rings. The molecule has 0 aliphatic rings. The first-order valence-electron chi connectivity index (χ1n) is 15.9. The average molecular weight is 747 g/mol. The Hall–Kier alpha value is -5.88. The quantitative estimate of drug-likeness (QED) is 0.0727. The highest BCUT2D eigenvalue weighted by atomic mass is 35.5. The largest absolute Gasteiger partial charge is 0.508 e. The molecule has 4 N–H and O–H groups in total. The molecule has 1 heterocycles. The number of carbonyl (C=O) groups is 3. The first-order valence-corrected chi connectivity index (χ1v) is 18.0. The molecule has 0 saturated carbocycles. The lowest BCUT2D eigenvalue weighted by Crippen LogP contribution is -2.30. The second-order valence-corrected chi connectivity index (χ2v) is 13.6. The number of thioether (sulfide) groups is 1. The number of carbonyl (C=O) groups excluding carboxylic acids is 3. The number of hydrogen-bond donors (Lipinski definition) is 4. The van der Waals surface area contributed by atoms with Crippen molar-refractivity contribution >= 4 is 69.3 Å². The lowest BCUT2D eigenvalue weighted by atomic mass is 10.1. The summed E-state index contributed by atoms with van der Waals surface area (Å²) in [6, 6.07) is 36.8. The molecule has 260 valence electrons. The van der Waals surface area contributed by atoms with Crippen LogP contribution in [0.15, 0.2) is 143 Å². The number of aromatic hydroxyl groups is 1. The van der Waals surface area contributed by atoms with Crippen molar-refractivity contribution in [1.29, 1.82) is 0 Å². The molecule has 0 saturated heterocycles. The van der Waals surface area contributed by atoms with Crippen LogP contribution in [0, 0.1) is 0 Å². The number of thiazole rings is 1. The summed E-state index contributed by atoms with van der Waals surface area (Å²) in [5, 5.41) is 20.7. The molecule has 0 aliphatic heterocycles.